The molecule has 2 rings (SSSR count). The Hall–Kier alpha value is -2.11. The number of rotatable bonds is 3. The lowest BCUT2D eigenvalue weighted by atomic mass is 9.76. The highest BCUT2D eigenvalue weighted by atomic mass is 16.6. The molecule has 2 N–H and O–H groups in total. The Labute approximate surface area is 123 Å². The van der Waals surface area contributed by atoms with E-state index < -0.39 is 10.9 Å². The number of nitro groups is 1. The summed E-state index contributed by atoms with van der Waals surface area (Å²) >= 11 is 0. The van der Waals surface area contributed by atoms with Gasteiger partial charge >= 0.3 is 5.97 Å². The molecule has 0 atom stereocenters. The second kappa shape index (κ2) is 5.71. The van der Waals surface area contributed by atoms with Crippen molar-refractivity contribution >= 4 is 17.3 Å². The fourth-order valence-electron chi connectivity index (χ4n) is 2.56. The number of carbonyl (C=O) groups is 1. The first-order valence-electron chi connectivity index (χ1n) is 7.03. The van der Waals surface area contributed by atoms with Gasteiger partial charge in [-0.2, -0.15) is 0 Å². The van der Waals surface area contributed by atoms with E-state index in [1.54, 1.807) is 0 Å². The van der Waals surface area contributed by atoms with Crippen molar-refractivity contribution in [3.05, 3.63) is 33.9 Å². The molecule has 0 heterocycles. The lowest BCUT2D eigenvalue weighted by molar-refractivity contribution is -0.384. The zero-order valence-corrected chi connectivity index (χ0v) is 12.3. The van der Waals surface area contributed by atoms with E-state index in [0.29, 0.717) is 5.41 Å². The molecular formula is C15H20N2O4. The number of nitrogens with two attached hydrogens (primary N) is 1. The van der Waals surface area contributed by atoms with Gasteiger partial charge in [-0.25, -0.2) is 4.79 Å². The third-order valence-electron chi connectivity index (χ3n) is 4.03. The number of nitrogen functional groups attached to an aromatic ring is 1. The molecule has 0 unspecified atom stereocenters. The van der Waals surface area contributed by atoms with Gasteiger partial charge in [0.05, 0.1) is 16.2 Å². The predicted molar refractivity (Wildman–Crippen MR) is 79.0 cm³/mol. The Morgan fingerprint density at radius 3 is 2.52 bits per heavy atom. The minimum absolute atomic E-state index is 0.0744. The Kier molecular flexibility index (Phi) is 4.16. The summed E-state index contributed by atoms with van der Waals surface area (Å²) in [5.41, 5.74) is 6.13. The molecule has 0 radical (unpaired) electrons. The first-order valence-corrected chi connectivity index (χ1v) is 7.03. The average molecular weight is 292 g/mol. The van der Waals surface area contributed by atoms with Crippen LogP contribution in [0.25, 0.3) is 0 Å². The molecule has 0 bridgehead atoms. The summed E-state index contributed by atoms with van der Waals surface area (Å²) in [5, 5.41) is 10.6. The molecule has 21 heavy (non-hydrogen) atoms. The summed E-state index contributed by atoms with van der Waals surface area (Å²) in [6.45, 7) is 4.42. The number of nitrogens with zero attached hydrogens (tertiary/aromatic N) is 1. The molecule has 0 aliphatic heterocycles. The number of nitro benzene ring substituents is 1. The number of esters is 1. The van der Waals surface area contributed by atoms with Crippen LogP contribution in [0.4, 0.5) is 11.4 Å². The lowest BCUT2D eigenvalue weighted by Gasteiger charge is -2.33. The highest BCUT2D eigenvalue weighted by Gasteiger charge is 2.29. The van der Waals surface area contributed by atoms with Gasteiger partial charge in [0.15, 0.2) is 0 Å². The van der Waals surface area contributed by atoms with Crippen molar-refractivity contribution in [1.82, 2.24) is 0 Å². The molecule has 0 saturated heterocycles. The Morgan fingerprint density at radius 2 is 2.00 bits per heavy atom. The third-order valence-corrected chi connectivity index (χ3v) is 4.03. The zero-order valence-electron chi connectivity index (χ0n) is 12.3. The van der Waals surface area contributed by atoms with Crippen LogP contribution in [-0.2, 0) is 4.74 Å². The number of non-ortho nitro benzene ring substituents is 1. The summed E-state index contributed by atoms with van der Waals surface area (Å²) in [7, 11) is 0. The Morgan fingerprint density at radius 1 is 1.38 bits per heavy atom. The van der Waals surface area contributed by atoms with Gasteiger partial charge in [0.25, 0.3) is 5.69 Å². The Balaban J connectivity index is 2.02. The molecule has 0 spiro atoms. The monoisotopic (exact) mass is 292 g/mol. The molecule has 6 heteroatoms. The van der Waals surface area contributed by atoms with Crippen LogP contribution < -0.4 is 5.73 Å². The van der Waals surface area contributed by atoms with Crippen LogP contribution >= 0.6 is 0 Å². The Bertz CT molecular complexity index is 559. The summed E-state index contributed by atoms with van der Waals surface area (Å²) in [4.78, 5) is 22.2. The van der Waals surface area contributed by atoms with Crippen LogP contribution in [0.3, 0.4) is 0 Å². The van der Waals surface area contributed by atoms with E-state index in [1.807, 2.05) is 0 Å². The summed E-state index contributed by atoms with van der Waals surface area (Å²) in [6.07, 6.45) is 3.61. The zero-order chi connectivity index (χ0) is 15.6. The highest BCUT2D eigenvalue weighted by molar-refractivity contribution is 5.95. The molecule has 1 aromatic rings. The molecule has 1 aliphatic carbocycles. The number of benzene rings is 1. The first-order chi connectivity index (χ1) is 9.78. The normalized spacial score (nSPS) is 18.2. The smallest absolute Gasteiger partial charge is 0.340 e. The maximum absolute atomic E-state index is 12.1. The first kappa shape index (κ1) is 15.3. The van der Waals surface area contributed by atoms with Crippen LogP contribution in [0.5, 0.6) is 0 Å². The molecule has 0 amide bonds. The van der Waals surface area contributed by atoms with E-state index in [1.165, 1.54) is 18.2 Å². The van der Waals surface area contributed by atoms with Crippen molar-refractivity contribution in [2.75, 3.05) is 5.73 Å². The van der Waals surface area contributed by atoms with E-state index in [9.17, 15) is 14.9 Å². The second-order valence-electron chi connectivity index (χ2n) is 6.30. The van der Waals surface area contributed by atoms with E-state index in [4.69, 9.17) is 10.5 Å². The summed E-state index contributed by atoms with van der Waals surface area (Å²) < 4.78 is 5.46. The molecule has 1 aliphatic rings. The van der Waals surface area contributed by atoms with Gasteiger partial charge < -0.3 is 10.5 Å². The third kappa shape index (κ3) is 3.71. The topological polar surface area (TPSA) is 95.5 Å². The SMILES string of the molecule is CC1(C)CCC(OC(=O)c2ccc([N+](=O)[O-])cc2N)CC1. The van der Waals surface area contributed by atoms with Crippen molar-refractivity contribution in [2.45, 2.75) is 45.6 Å². The molecule has 6 nitrogen and oxygen atoms in total. The highest BCUT2D eigenvalue weighted by Crippen LogP contribution is 2.36. The van der Waals surface area contributed by atoms with Crippen molar-refractivity contribution in [2.24, 2.45) is 5.41 Å². The van der Waals surface area contributed by atoms with E-state index in [2.05, 4.69) is 13.8 Å². The molecule has 1 aromatic carbocycles. The number of anilines is 1. The van der Waals surface area contributed by atoms with Crippen LogP contribution in [-0.4, -0.2) is 17.0 Å². The van der Waals surface area contributed by atoms with Crippen LogP contribution in [0.1, 0.15) is 49.9 Å². The van der Waals surface area contributed by atoms with Gasteiger partial charge in [-0.15, -0.1) is 0 Å². The lowest BCUT2D eigenvalue weighted by Crippen LogP contribution is -2.28. The molecule has 114 valence electrons. The van der Waals surface area contributed by atoms with Crippen molar-refractivity contribution in [3.8, 4) is 0 Å². The van der Waals surface area contributed by atoms with Gasteiger partial charge in [0, 0.05) is 12.1 Å². The van der Waals surface area contributed by atoms with Crippen molar-refractivity contribution in [1.29, 1.82) is 0 Å². The predicted octanol–water partition coefficient (Wildman–Crippen LogP) is 3.30. The maximum Gasteiger partial charge on any atom is 0.340 e. The van der Waals surface area contributed by atoms with Gasteiger partial charge in [-0.3, -0.25) is 10.1 Å². The largest absolute Gasteiger partial charge is 0.459 e. The quantitative estimate of drug-likeness (QED) is 0.399. The van der Waals surface area contributed by atoms with Gasteiger partial charge in [-0.1, -0.05) is 13.8 Å². The molecule has 0 aromatic heterocycles. The van der Waals surface area contributed by atoms with Gasteiger partial charge in [0.2, 0.25) is 0 Å². The standard InChI is InChI=1S/C15H20N2O4/c1-15(2)7-5-11(6-8-15)21-14(18)12-4-3-10(17(19)20)9-13(12)16/h3-4,9,11H,5-8,16H2,1-2H3. The minimum atomic E-state index is -0.547. The summed E-state index contributed by atoms with van der Waals surface area (Å²) in [5.74, 6) is -0.507. The number of ether oxygens (including phenoxy) is 1. The minimum Gasteiger partial charge on any atom is -0.459 e. The number of hydrogen-bond acceptors (Lipinski definition) is 5. The molecule has 1 saturated carbocycles. The van der Waals surface area contributed by atoms with Gasteiger partial charge in [0.1, 0.15) is 6.10 Å². The number of carbonyl (C=O) groups excluding carboxylic acids is 1. The van der Waals surface area contributed by atoms with Crippen molar-refractivity contribution < 1.29 is 14.5 Å². The molecular weight excluding hydrogens is 272 g/mol. The van der Waals surface area contributed by atoms with E-state index >= 15 is 0 Å². The maximum atomic E-state index is 12.1. The van der Waals surface area contributed by atoms with E-state index in [-0.39, 0.29) is 23.0 Å². The fourth-order valence-corrected chi connectivity index (χ4v) is 2.56. The van der Waals surface area contributed by atoms with Crippen molar-refractivity contribution in [3.63, 3.8) is 0 Å². The average Bonchev–Trinajstić information content (AvgIpc) is 2.40. The van der Waals surface area contributed by atoms with Crippen LogP contribution in [0, 0.1) is 15.5 Å². The molecule has 1 fully saturated rings. The van der Waals surface area contributed by atoms with E-state index in [0.717, 1.165) is 25.7 Å². The fraction of sp³-hybridized carbons (Fsp3) is 0.533. The van der Waals surface area contributed by atoms with Crippen LogP contribution in [0.2, 0.25) is 0 Å². The second-order valence-corrected chi connectivity index (χ2v) is 6.30. The summed E-state index contributed by atoms with van der Waals surface area (Å²) in [6, 6.07) is 3.79. The van der Waals surface area contributed by atoms with Crippen LogP contribution in [0.15, 0.2) is 18.2 Å². The number of hydrogen-bond donors (Lipinski definition) is 1. The van der Waals surface area contributed by atoms with Gasteiger partial charge in [-0.05, 0) is 37.2 Å².